The molecule has 0 aliphatic carbocycles. The zero-order valence-electron chi connectivity index (χ0n) is 22.3. The van der Waals surface area contributed by atoms with Crippen molar-refractivity contribution in [2.24, 2.45) is 11.8 Å². The summed E-state index contributed by atoms with van der Waals surface area (Å²) in [7, 11) is 1.96. The lowest BCUT2D eigenvalue weighted by Gasteiger charge is -2.50. The van der Waals surface area contributed by atoms with Gasteiger partial charge in [-0.1, -0.05) is 44.2 Å². The number of rotatable bonds is 6. The molecule has 4 atom stereocenters. The van der Waals surface area contributed by atoms with Crippen LogP contribution in [0.4, 0.5) is 4.79 Å². The van der Waals surface area contributed by atoms with E-state index in [9.17, 15) is 9.59 Å². The summed E-state index contributed by atoms with van der Waals surface area (Å²) in [6.45, 7) is 12.2. The number of urea groups is 1. The Balaban J connectivity index is 1.34. The van der Waals surface area contributed by atoms with Crippen molar-refractivity contribution in [3.8, 4) is 0 Å². The molecule has 4 saturated heterocycles. The lowest BCUT2D eigenvalue weighted by atomic mass is 9.80. The van der Waals surface area contributed by atoms with Crippen LogP contribution in [0.1, 0.15) is 71.3 Å². The molecule has 1 aromatic rings. The van der Waals surface area contributed by atoms with E-state index >= 15 is 0 Å². The van der Waals surface area contributed by atoms with Crippen LogP contribution in [0.2, 0.25) is 0 Å². The predicted octanol–water partition coefficient (Wildman–Crippen LogP) is 4.42. The number of hydrogen-bond donors (Lipinski definition) is 0. The highest BCUT2D eigenvalue weighted by Gasteiger charge is 2.57. The van der Waals surface area contributed by atoms with Crippen LogP contribution in [0.5, 0.6) is 0 Å². The molecule has 5 rings (SSSR count). The van der Waals surface area contributed by atoms with Crippen molar-refractivity contribution in [1.29, 1.82) is 0 Å². The van der Waals surface area contributed by atoms with E-state index in [0.717, 1.165) is 39.0 Å². The summed E-state index contributed by atoms with van der Waals surface area (Å²) >= 11 is 0. The average molecular weight is 481 g/mol. The van der Waals surface area contributed by atoms with Crippen molar-refractivity contribution in [1.82, 2.24) is 19.6 Å². The number of amides is 3. The zero-order chi connectivity index (χ0) is 24.9. The molecule has 0 aromatic heterocycles. The first-order valence-corrected chi connectivity index (χ1v) is 13.8. The van der Waals surface area contributed by atoms with Crippen molar-refractivity contribution in [2.75, 3.05) is 33.2 Å². The van der Waals surface area contributed by atoms with Gasteiger partial charge in [0.2, 0.25) is 5.91 Å². The fourth-order valence-electron chi connectivity index (χ4n) is 7.87. The second-order valence-electron chi connectivity index (χ2n) is 12.5. The third kappa shape index (κ3) is 4.47. The highest BCUT2D eigenvalue weighted by Crippen LogP contribution is 2.48. The third-order valence-corrected chi connectivity index (χ3v) is 9.14. The predicted molar refractivity (Wildman–Crippen MR) is 139 cm³/mol. The van der Waals surface area contributed by atoms with Crippen LogP contribution in [-0.2, 0) is 4.79 Å². The summed E-state index contributed by atoms with van der Waals surface area (Å²) in [5.74, 6) is 1.56. The number of piperidine rings is 1. The first-order valence-electron chi connectivity index (χ1n) is 13.8. The van der Waals surface area contributed by atoms with Gasteiger partial charge in [-0.15, -0.1) is 0 Å². The lowest BCUT2D eigenvalue weighted by molar-refractivity contribution is -0.131. The number of carbonyl (C=O) groups is 2. The topological polar surface area (TPSA) is 47.1 Å². The quantitative estimate of drug-likeness (QED) is 0.606. The molecule has 4 aliphatic heterocycles. The summed E-state index contributed by atoms with van der Waals surface area (Å²) < 4.78 is 0. The van der Waals surface area contributed by atoms with Gasteiger partial charge in [-0.3, -0.25) is 9.69 Å². The van der Waals surface area contributed by atoms with Crippen LogP contribution < -0.4 is 0 Å². The molecule has 0 saturated carbocycles. The van der Waals surface area contributed by atoms with E-state index in [1.807, 2.05) is 11.9 Å². The summed E-state index contributed by atoms with van der Waals surface area (Å²) in [4.78, 5) is 35.1. The molecule has 3 amide bonds. The molecular formula is C29H44N4O2. The molecule has 192 valence electrons. The van der Waals surface area contributed by atoms with Gasteiger partial charge in [-0.25, -0.2) is 4.79 Å². The van der Waals surface area contributed by atoms with Gasteiger partial charge in [0.15, 0.2) is 0 Å². The summed E-state index contributed by atoms with van der Waals surface area (Å²) in [5, 5.41) is 0. The Hall–Kier alpha value is -2.08. The van der Waals surface area contributed by atoms with Crippen molar-refractivity contribution in [3.63, 3.8) is 0 Å². The number of carbonyl (C=O) groups excluding carboxylic acids is 2. The Labute approximate surface area is 211 Å². The molecule has 6 heteroatoms. The summed E-state index contributed by atoms with van der Waals surface area (Å²) in [6, 6.07) is 12.3. The highest BCUT2D eigenvalue weighted by molar-refractivity contribution is 5.78. The van der Waals surface area contributed by atoms with Crippen LogP contribution in [0, 0.1) is 11.8 Å². The maximum absolute atomic E-state index is 13.0. The van der Waals surface area contributed by atoms with Gasteiger partial charge in [-0.05, 0) is 56.9 Å². The molecule has 4 fully saturated rings. The maximum atomic E-state index is 13.0. The first kappa shape index (κ1) is 24.6. The van der Waals surface area contributed by atoms with Crippen molar-refractivity contribution < 1.29 is 9.59 Å². The Morgan fingerprint density at radius 2 is 1.69 bits per heavy atom. The maximum Gasteiger partial charge on any atom is 0.320 e. The molecule has 4 heterocycles. The van der Waals surface area contributed by atoms with E-state index in [4.69, 9.17) is 0 Å². The number of nitrogens with zero attached hydrogens (tertiary/aromatic N) is 4. The normalized spacial score (nSPS) is 33.2. The fourth-order valence-corrected chi connectivity index (χ4v) is 7.87. The Morgan fingerprint density at radius 1 is 1.03 bits per heavy atom. The minimum absolute atomic E-state index is 0.0178. The first-order chi connectivity index (χ1) is 16.7. The number of likely N-dealkylation sites (N-methyl/N-ethyl adjacent to an activating group) is 1. The Kier molecular flexibility index (Phi) is 6.62. The molecule has 6 nitrogen and oxygen atoms in total. The second kappa shape index (κ2) is 9.42. The van der Waals surface area contributed by atoms with E-state index in [2.05, 4.69) is 72.7 Å². The molecule has 1 spiro atoms. The molecule has 35 heavy (non-hydrogen) atoms. The minimum atomic E-state index is -0.0178. The SMILES string of the molecule is CC(C)CC(=O)N1C[C@H](CN2C3CCC2CC2(C3)CN(C)C(=O)N2C(C)C)[C@@H](c2ccccc2)C1. The molecule has 2 bridgehead atoms. The van der Waals surface area contributed by atoms with Gasteiger partial charge in [-0.2, -0.15) is 0 Å². The second-order valence-corrected chi connectivity index (χ2v) is 12.5. The van der Waals surface area contributed by atoms with Crippen molar-refractivity contribution in [2.45, 2.75) is 89.4 Å². The van der Waals surface area contributed by atoms with E-state index < -0.39 is 0 Å². The average Bonchev–Trinajstić information content (AvgIpc) is 3.40. The van der Waals surface area contributed by atoms with Gasteiger partial charge in [0.1, 0.15) is 0 Å². The number of hydrogen-bond acceptors (Lipinski definition) is 3. The van der Waals surface area contributed by atoms with Crippen molar-refractivity contribution in [3.05, 3.63) is 35.9 Å². The molecular weight excluding hydrogens is 436 g/mol. The van der Waals surface area contributed by atoms with Gasteiger partial charge in [0.25, 0.3) is 0 Å². The highest BCUT2D eigenvalue weighted by atomic mass is 16.2. The third-order valence-electron chi connectivity index (χ3n) is 9.14. The fraction of sp³-hybridized carbons (Fsp3) is 0.724. The van der Waals surface area contributed by atoms with Crippen molar-refractivity contribution >= 4 is 11.9 Å². The molecule has 2 unspecified atom stereocenters. The van der Waals surface area contributed by atoms with Crippen LogP contribution in [0.3, 0.4) is 0 Å². The largest absolute Gasteiger partial charge is 0.342 e. The van der Waals surface area contributed by atoms with Crippen LogP contribution in [0.15, 0.2) is 30.3 Å². The van der Waals surface area contributed by atoms with Crippen LogP contribution in [0.25, 0.3) is 0 Å². The van der Waals surface area contributed by atoms with E-state index in [1.54, 1.807) is 0 Å². The van der Waals surface area contributed by atoms with Crippen LogP contribution in [-0.4, -0.2) is 88.4 Å². The Bertz CT molecular complexity index is 918. The van der Waals surface area contributed by atoms with Gasteiger partial charge in [0.05, 0.1) is 5.54 Å². The van der Waals surface area contributed by atoms with Gasteiger partial charge < -0.3 is 14.7 Å². The molecule has 0 radical (unpaired) electrons. The Morgan fingerprint density at radius 3 is 2.29 bits per heavy atom. The number of fused-ring (bicyclic) bond motifs is 2. The van der Waals surface area contributed by atoms with Gasteiger partial charge in [0, 0.05) is 63.7 Å². The lowest BCUT2D eigenvalue weighted by Crippen LogP contribution is -2.60. The standard InChI is InChI=1S/C29H44N4O2/c1-20(2)13-27(34)31-16-23(26(18-31)22-9-7-6-8-10-22)17-32-24-11-12-25(32)15-29(14-24)19-30(5)28(35)33(29)21(3)4/h6-10,20-21,23-26H,11-19H2,1-5H3/t23-,24?,25?,26-,29?/m1/s1. The van der Waals surface area contributed by atoms with E-state index in [1.165, 1.54) is 18.4 Å². The summed E-state index contributed by atoms with van der Waals surface area (Å²) in [6.07, 6.45) is 5.26. The smallest absolute Gasteiger partial charge is 0.320 e. The van der Waals surface area contributed by atoms with Gasteiger partial charge >= 0.3 is 6.03 Å². The van der Waals surface area contributed by atoms with Crippen LogP contribution >= 0.6 is 0 Å². The van der Waals surface area contributed by atoms with E-state index in [0.29, 0.717) is 42.2 Å². The molecule has 0 N–H and O–H groups in total. The molecule has 4 aliphatic rings. The minimum Gasteiger partial charge on any atom is -0.342 e. The zero-order valence-corrected chi connectivity index (χ0v) is 22.3. The van der Waals surface area contributed by atoms with E-state index in [-0.39, 0.29) is 17.6 Å². The summed E-state index contributed by atoms with van der Waals surface area (Å²) in [5.41, 5.74) is 1.35. The number of likely N-dealkylation sites (tertiary alicyclic amines) is 1. The number of benzene rings is 1. The monoisotopic (exact) mass is 480 g/mol. The molecule has 1 aromatic carbocycles.